The molecule has 38 heavy (non-hydrogen) atoms. The summed E-state index contributed by atoms with van der Waals surface area (Å²) in [6, 6.07) is 10.6. The molecule has 0 amide bonds. The Morgan fingerprint density at radius 2 is 1.89 bits per heavy atom. The Balaban J connectivity index is 1.59. The summed E-state index contributed by atoms with van der Waals surface area (Å²) in [6.45, 7) is 9.82. The van der Waals surface area contributed by atoms with Crippen molar-refractivity contribution in [2.24, 2.45) is 4.99 Å². The number of furan rings is 1. The number of esters is 1. The number of nitrogens with zero attached hydrogens (tertiary/aromatic N) is 3. The summed E-state index contributed by atoms with van der Waals surface area (Å²) in [4.78, 5) is 34.5. The van der Waals surface area contributed by atoms with Crippen molar-refractivity contribution in [2.75, 3.05) is 24.6 Å². The van der Waals surface area contributed by atoms with Gasteiger partial charge in [0.15, 0.2) is 10.7 Å². The van der Waals surface area contributed by atoms with Crippen LogP contribution in [0, 0.1) is 0 Å². The van der Waals surface area contributed by atoms with Gasteiger partial charge in [0, 0.05) is 25.2 Å². The van der Waals surface area contributed by atoms with Gasteiger partial charge in [0.1, 0.15) is 11.5 Å². The van der Waals surface area contributed by atoms with Gasteiger partial charge in [0.25, 0.3) is 5.56 Å². The van der Waals surface area contributed by atoms with Crippen LogP contribution < -0.4 is 24.5 Å². The molecule has 200 valence electrons. The molecule has 0 unspecified atom stereocenters. The summed E-state index contributed by atoms with van der Waals surface area (Å²) < 4.78 is 19.3. The van der Waals surface area contributed by atoms with Gasteiger partial charge in [-0.1, -0.05) is 23.5 Å². The zero-order valence-corrected chi connectivity index (χ0v) is 23.0. The number of thiazole rings is 1. The minimum Gasteiger partial charge on any atom is -0.494 e. The number of fused-ring (bicyclic) bond motifs is 1. The molecule has 0 spiro atoms. The number of allylic oxidation sites excluding steroid dienone is 1. The van der Waals surface area contributed by atoms with Crippen molar-refractivity contribution in [3.05, 3.63) is 78.7 Å². The first-order valence-corrected chi connectivity index (χ1v) is 14.0. The van der Waals surface area contributed by atoms with Gasteiger partial charge in [0.2, 0.25) is 0 Å². The molecule has 1 atom stereocenters. The molecule has 2 aromatic heterocycles. The number of anilines is 1. The van der Waals surface area contributed by atoms with Crippen LogP contribution in [0.4, 0.5) is 5.88 Å². The molecule has 9 heteroatoms. The quantitative estimate of drug-likeness (QED) is 0.422. The number of hydrogen-bond donors (Lipinski definition) is 0. The van der Waals surface area contributed by atoms with Crippen LogP contribution in [0.3, 0.4) is 0 Å². The molecular weight excluding hydrogens is 502 g/mol. The standard InChI is InChI=1S/C29H33N3O5S/c1-5-35-21-11-9-20(10-12-21)26-25(28(34)36-18(2)3)19(4)30-29-32(26)27(33)23(38-29)17-22-13-14-24(37-22)31-15-7-6-8-16-31/h9-14,17-18,26H,5-8,15-16H2,1-4H3/b23-17+/t26-/m1/s1. The largest absolute Gasteiger partial charge is 0.494 e. The van der Waals surface area contributed by atoms with E-state index in [1.165, 1.54) is 17.8 Å². The number of aromatic nitrogens is 1. The molecule has 0 radical (unpaired) electrons. The van der Waals surface area contributed by atoms with E-state index in [0.717, 1.165) is 43.1 Å². The predicted molar refractivity (Wildman–Crippen MR) is 147 cm³/mol. The first-order valence-electron chi connectivity index (χ1n) is 13.2. The molecule has 0 N–H and O–H groups in total. The molecule has 8 nitrogen and oxygen atoms in total. The fourth-order valence-electron chi connectivity index (χ4n) is 4.92. The number of benzene rings is 1. The molecule has 1 aromatic carbocycles. The zero-order valence-electron chi connectivity index (χ0n) is 22.2. The molecule has 2 aliphatic heterocycles. The maximum absolute atomic E-state index is 13.8. The third kappa shape index (κ3) is 5.20. The average molecular weight is 536 g/mol. The Morgan fingerprint density at radius 1 is 1.16 bits per heavy atom. The van der Waals surface area contributed by atoms with Gasteiger partial charge >= 0.3 is 5.97 Å². The lowest BCUT2D eigenvalue weighted by atomic mass is 9.96. The number of ether oxygens (including phenoxy) is 2. The highest BCUT2D eigenvalue weighted by Crippen LogP contribution is 2.32. The summed E-state index contributed by atoms with van der Waals surface area (Å²) >= 11 is 1.29. The van der Waals surface area contributed by atoms with Crippen molar-refractivity contribution in [1.29, 1.82) is 0 Å². The van der Waals surface area contributed by atoms with E-state index >= 15 is 0 Å². The van der Waals surface area contributed by atoms with Crippen LogP contribution in [0.25, 0.3) is 6.08 Å². The van der Waals surface area contributed by atoms with Crippen LogP contribution in [0.15, 0.2) is 61.9 Å². The predicted octanol–water partition coefficient (Wildman–Crippen LogP) is 4.17. The van der Waals surface area contributed by atoms with Crippen molar-refractivity contribution in [3.8, 4) is 5.75 Å². The van der Waals surface area contributed by atoms with E-state index < -0.39 is 12.0 Å². The maximum atomic E-state index is 13.8. The van der Waals surface area contributed by atoms with E-state index in [1.807, 2.05) is 43.3 Å². The first-order chi connectivity index (χ1) is 18.4. The molecule has 2 aliphatic rings. The lowest BCUT2D eigenvalue weighted by Gasteiger charge is -2.25. The minimum absolute atomic E-state index is 0.231. The number of piperidine rings is 1. The molecule has 0 aliphatic carbocycles. The molecule has 5 rings (SSSR count). The summed E-state index contributed by atoms with van der Waals surface area (Å²) in [5, 5.41) is 0. The normalized spacial score (nSPS) is 18.0. The van der Waals surface area contributed by atoms with Crippen LogP contribution in [0.1, 0.15) is 64.3 Å². The van der Waals surface area contributed by atoms with Crippen molar-refractivity contribution >= 4 is 29.3 Å². The van der Waals surface area contributed by atoms with Gasteiger partial charge in [-0.05, 0) is 70.7 Å². The highest BCUT2D eigenvalue weighted by Gasteiger charge is 2.33. The molecule has 3 aromatic rings. The highest BCUT2D eigenvalue weighted by molar-refractivity contribution is 7.07. The molecule has 4 heterocycles. The van der Waals surface area contributed by atoms with Crippen molar-refractivity contribution in [1.82, 2.24) is 4.57 Å². The minimum atomic E-state index is -0.671. The first kappa shape index (κ1) is 26.0. The van der Waals surface area contributed by atoms with Crippen LogP contribution >= 0.6 is 11.3 Å². The number of carbonyl (C=O) groups is 1. The van der Waals surface area contributed by atoms with E-state index in [1.54, 1.807) is 31.4 Å². The second-order valence-electron chi connectivity index (χ2n) is 9.76. The van der Waals surface area contributed by atoms with Gasteiger partial charge < -0.3 is 18.8 Å². The van der Waals surface area contributed by atoms with Gasteiger partial charge in [-0.15, -0.1) is 0 Å². The Kier molecular flexibility index (Phi) is 7.56. The third-order valence-corrected chi connectivity index (χ3v) is 7.63. The molecule has 1 fully saturated rings. The Bertz CT molecular complexity index is 1520. The van der Waals surface area contributed by atoms with Crippen LogP contribution in [-0.2, 0) is 9.53 Å². The smallest absolute Gasteiger partial charge is 0.338 e. The third-order valence-electron chi connectivity index (χ3n) is 6.64. The van der Waals surface area contributed by atoms with Crippen molar-refractivity contribution < 1.29 is 18.7 Å². The SMILES string of the molecule is CCOc1ccc([C@@H]2C(C(=O)OC(C)C)=C(C)N=c3s/c(=C/c4ccc(N5CCCCC5)o4)c(=O)n32)cc1. The van der Waals surface area contributed by atoms with E-state index in [9.17, 15) is 9.59 Å². The average Bonchev–Trinajstić information content (AvgIpc) is 3.48. The zero-order chi connectivity index (χ0) is 26.8. The Hall–Kier alpha value is -3.59. The van der Waals surface area contributed by atoms with E-state index in [-0.39, 0.29) is 11.7 Å². The second-order valence-corrected chi connectivity index (χ2v) is 10.8. The van der Waals surface area contributed by atoms with Gasteiger partial charge in [0.05, 0.1) is 34.6 Å². The second kappa shape index (κ2) is 11.0. The monoisotopic (exact) mass is 535 g/mol. The van der Waals surface area contributed by atoms with E-state index in [4.69, 9.17) is 13.9 Å². The summed E-state index contributed by atoms with van der Waals surface area (Å²) in [7, 11) is 0. The lowest BCUT2D eigenvalue weighted by Crippen LogP contribution is -2.40. The van der Waals surface area contributed by atoms with Crippen LogP contribution in [-0.4, -0.2) is 36.3 Å². The van der Waals surface area contributed by atoms with E-state index in [0.29, 0.717) is 33.0 Å². The Labute approximate surface area is 225 Å². The van der Waals surface area contributed by atoms with Gasteiger partial charge in [-0.2, -0.15) is 0 Å². The van der Waals surface area contributed by atoms with Crippen LogP contribution in [0.2, 0.25) is 0 Å². The Morgan fingerprint density at radius 3 is 2.58 bits per heavy atom. The molecule has 0 saturated carbocycles. The fraction of sp³-hybridized carbons (Fsp3) is 0.414. The maximum Gasteiger partial charge on any atom is 0.338 e. The fourth-order valence-corrected chi connectivity index (χ4v) is 5.95. The molecular formula is C29H33N3O5S. The number of hydrogen-bond acceptors (Lipinski definition) is 8. The summed E-state index contributed by atoms with van der Waals surface area (Å²) in [5.74, 6) is 1.68. The lowest BCUT2D eigenvalue weighted by molar-refractivity contribution is -0.143. The van der Waals surface area contributed by atoms with Gasteiger partial charge in [-0.25, -0.2) is 9.79 Å². The summed E-state index contributed by atoms with van der Waals surface area (Å²) in [6.07, 6.45) is 5.01. The van der Waals surface area contributed by atoms with Crippen molar-refractivity contribution in [3.63, 3.8) is 0 Å². The van der Waals surface area contributed by atoms with Crippen molar-refractivity contribution in [2.45, 2.75) is 59.1 Å². The van der Waals surface area contributed by atoms with Gasteiger partial charge in [-0.3, -0.25) is 9.36 Å². The molecule has 1 saturated heterocycles. The van der Waals surface area contributed by atoms with Crippen LogP contribution in [0.5, 0.6) is 5.75 Å². The number of carbonyl (C=O) groups excluding carboxylic acids is 1. The number of rotatable bonds is 7. The summed E-state index contributed by atoms with van der Waals surface area (Å²) in [5.41, 5.74) is 1.43. The highest BCUT2D eigenvalue weighted by atomic mass is 32.1. The molecule has 0 bridgehead atoms. The van der Waals surface area contributed by atoms with E-state index in [2.05, 4.69) is 9.89 Å². The topological polar surface area (TPSA) is 86.3 Å².